The summed E-state index contributed by atoms with van der Waals surface area (Å²) in [6.45, 7) is 1.06. The highest BCUT2D eigenvalue weighted by Gasteiger charge is 2.35. The number of nitrogens with one attached hydrogen (secondary N) is 1. The predicted molar refractivity (Wildman–Crippen MR) is 60.2 cm³/mol. The summed E-state index contributed by atoms with van der Waals surface area (Å²) in [5.74, 6) is 2.56. The molecule has 0 spiro atoms. The van der Waals surface area contributed by atoms with Gasteiger partial charge in [0.15, 0.2) is 0 Å². The zero-order valence-electron chi connectivity index (χ0n) is 9.32. The second-order valence-corrected chi connectivity index (χ2v) is 5.41. The van der Waals surface area contributed by atoms with Crippen molar-refractivity contribution in [2.75, 3.05) is 6.54 Å². The summed E-state index contributed by atoms with van der Waals surface area (Å²) in [5.41, 5.74) is 3.22. The Hall–Kier alpha value is -0.340. The van der Waals surface area contributed by atoms with Crippen molar-refractivity contribution in [2.24, 2.45) is 17.8 Å². The molecule has 0 aromatic heterocycles. The van der Waals surface area contributed by atoms with Crippen LogP contribution in [0.1, 0.15) is 38.5 Å². The van der Waals surface area contributed by atoms with Gasteiger partial charge >= 0.3 is 0 Å². The number of fused-ring (bicyclic) bond motifs is 2. The first kappa shape index (κ1) is 9.86. The van der Waals surface area contributed by atoms with Crippen LogP contribution in [0.25, 0.3) is 0 Å². The number of rotatable bonds is 4. The lowest BCUT2D eigenvalue weighted by atomic mass is 9.94. The minimum absolute atomic E-state index is 0.499. The molecule has 0 aromatic rings. The van der Waals surface area contributed by atoms with Crippen LogP contribution in [-0.4, -0.2) is 12.6 Å². The normalized spacial score (nSPS) is 39.3. The topological polar surface area (TPSA) is 21.3 Å². The maximum atomic E-state index is 5.70. The van der Waals surface area contributed by atoms with E-state index in [2.05, 4.69) is 17.6 Å². The van der Waals surface area contributed by atoms with Gasteiger partial charge in [-0.15, -0.1) is 0 Å². The Labute approximate surface area is 92.0 Å². The summed E-state index contributed by atoms with van der Waals surface area (Å²) in [5, 5.41) is 0. The zero-order valence-corrected chi connectivity index (χ0v) is 9.32. The van der Waals surface area contributed by atoms with Gasteiger partial charge in [-0.2, -0.15) is 0 Å². The van der Waals surface area contributed by atoms with Crippen LogP contribution in [0.3, 0.4) is 0 Å². The van der Waals surface area contributed by atoms with E-state index in [-0.39, 0.29) is 0 Å². The van der Waals surface area contributed by atoms with Crippen LogP contribution in [0.5, 0.6) is 0 Å². The summed E-state index contributed by atoms with van der Waals surface area (Å²) >= 11 is 0. The smallest absolute Gasteiger partial charge is 0.0790 e. The lowest BCUT2D eigenvalue weighted by Crippen LogP contribution is -2.29. The van der Waals surface area contributed by atoms with Crippen molar-refractivity contribution in [3.05, 3.63) is 12.2 Å². The molecule has 3 rings (SSSR count). The average Bonchev–Trinajstić information content (AvgIpc) is 2.93. The molecule has 2 fully saturated rings. The van der Waals surface area contributed by atoms with Gasteiger partial charge in [-0.25, -0.2) is 5.48 Å². The molecule has 0 aromatic carbocycles. The quantitative estimate of drug-likeness (QED) is 0.565. The van der Waals surface area contributed by atoms with Crippen molar-refractivity contribution >= 4 is 0 Å². The lowest BCUT2D eigenvalue weighted by Gasteiger charge is -2.19. The van der Waals surface area contributed by atoms with Crippen LogP contribution < -0.4 is 5.48 Å². The summed E-state index contributed by atoms with van der Waals surface area (Å²) in [6, 6.07) is 0. The fraction of sp³-hybridized carbons (Fsp3) is 0.846. The summed E-state index contributed by atoms with van der Waals surface area (Å²) in [7, 11) is 0. The molecular formula is C13H21NO. The fourth-order valence-electron chi connectivity index (χ4n) is 3.41. The van der Waals surface area contributed by atoms with Gasteiger partial charge in [0.25, 0.3) is 0 Å². The van der Waals surface area contributed by atoms with E-state index in [0.717, 1.165) is 24.3 Å². The highest BCUT2D eigenvalue weighted by molar-refractivity contribution is 5.10. The van der Waals surface area contributed by atoms with Gasteiger partial charge in [0.05, 0.1) is 6.10 Å². The minimum atomic E-state index is 0.499. The molecule has 0 amide bonds. The van der Waals surface area contributed by atoms with Gasteiger partial charge in [0.2, 0.25) is 0 Å². The van der Waals surface area contributed by atoms with Crippen molar-refractivity contribution < 1.29 is 4.84 Å². The standard InChI is InChI=1S/C13H21NO/c1-2-4-13(3-1)15-14-9-12-8-10-5-6-11(12)7-10/h5-6,10-14H,1-4,7-9H2. The highest BCUT2D eigenvalue weighted by atomic mass is 16.7. The molecule has 84 valence electrons. The Bertz CT molecular complexity index is 245. The Kier molecular flexibility index (Phi) is 2.80. The summed E-state index contributed by atoms with van der Waals surface area (Å²) in [4.78, 5) is 5.70. The molecule has 0 saturated heterocycles. The zero-order chi connectivity index (χ0) is 10.1. The minimum Gasteiger partial charge on any atom is -0.299 e. The Morgan fingerprint density at radius 2 is 2.00 bits per heavy atom. The maximum Gasteiger partial charge on any atom is 0.0790 e. The Morgan fingerprint density at radius 1 is 1.13 bits per heavy atom. The summed E-state index contributed by atoms with van der Waals surface area (Å²) in [6.07, 6.45) is 13.3. The van der Waals surface area contributed by atoms with Crippen LogP contribution >= 0.6 is 0 Å². The first-order chi connectivity index (χ1) is 7.42. The van der Waals surface area contributed by atoms with E-state index in [1.807, 2.05) is 0 Å². The van der Waals surface area contributed by atoms with Crippen LogP contribution in [0.15, 0.2) is 12.2 Å². The monoisotopic (exact) mass is 207 g/mol. The van der Waals surface area contributed by atoms with E-state index in [9.17, 15) is 0 Å². The molecule has 0 radical (unpaired) electrons. The van der Waals surface area contributed by atoms with E-state index < -0.39 is 0 Å². The van der Waals surface area contributed by atoms with Crippen molar-refractivity contribution in [3.63, 3.8) is 0 Å². The van der Waals surface area contributed by atoms with Crippen LogP contribution in [0.4, 0.5) is 0 Å². The number of hydrogen-bond acceptors (Lipinski definition) is 2. The van der Waals surface area contributed by atoms with Gasteiger partial charge in [0, 0.05) is 6.54 Å². The predicted octanol–water partition coefficient (Wildman–Crippen LogP) is 2.66. The molecule has 2 heteroatoms. The summed E-state index contributed by atoms with van der Waals surface area (Å²) < 4.78 is 0. The Balaban J connectivity index is 1.38. The molecule has 2 nitrogen and oxygen atoms in total. The van der Waals surface area contributed by atoms with Crippen molar-refractivity contribution in [2.45, 2.75) is 44.6 Å². The van der Waals surface area contributed by atoms with Gasteiger partial charge in [0.1, 0.15) is 0 Å². The van der Waals surface area contributed by atoms with Crippen molar-refractivity contribution in [1.29, 1.82) is 0 Å². The van der Waals surface area contributed by atoms with E-state index in [1.54, 1.807) is 0 Å². The van der Waals surface area contributed by atoms with Gasteiger partial charge < -0.3 is 0 Å². The van der Waals surface area contributed by atoms with Gasteiger partial charge in [-0.3, -0.25) is 4.84 Å². The van der Waals surface area contributed by atoms with Crippen LogP contribution in [0, 0.1) is 17.8 Å². The highest BCUT2D eigenvalue weighted by Crippen LogP contribution is 2.42. The van der Waals surface area contributed by atoms with E-state index in [0.29, 0.717) is 6.10 Å². The van der Waals surface area contributed by atoms with Crippen LogP contribution in [0.2, 0.25) is 0 Å². The number of hydroxylamine groups is 1. The fourth-order valence-corrected chi connectivity index (χ4v) is 3.41. The maximum absolute atomic E-state index is 5.70. The van der Waals surface area contributed by atoms with E-state index >= 15 is 0 Å². The van der Waals surface area contributed by atoms with Crippen LogP contribution in [-0.2, 0) is 4.84 Å². The second-order valence-electron chi connectivity index (χ2n) is 5.41. The van der Waals surface area contributed by atoms with E-state index in [4.69, 9.17) is 4.84 Å². The molecular weight excluding hydrogens is 186 g/mol. The number of allylic oxidation sites excluding steroid dienone is 2. The molecule has 0 heterocycles. The third-order valence-corrected chi connectivity index (χ3v) is 4.31. The van der Waals surface area contributed by atoms with E-state index in [1.165, 1.54) is 38.5 Å². The molecule has 2 bridgehead atoms. The molecule has 3 aliphatic rings. The first-order valence-corrected chi connectivity index (χ1v) is 6.48. The number of hydrogen-bond donors (Lipinski definition) is 1. The molecule has 3 unspecified atom stereocenters. The second kappa shape index (κ2) is 4.26. The molecule has 15 heavy (non-hydrogen) atoms. The molecule has 1 N–H and O–H groups in total. The average molecular weight is 207 g/mol. The Morgan fingerprint density at radius 3 is 2.67 bits per heavy atom. The van der Waals surface area contributed by atoms with Crippen molar-refractivity contribution in [3.8, 4) is 0 Å². The molecule has 2 saturated carbocycles. The lowest BCUT2D eigenvalue weighted by molar-refractivity contribution is -0.0281. The largest absolute Gasteiger partial charge is 0.299 e. The van der Waals surface area contributed by atoms with Gasteiger partial charge in [-0.1, -0.05) is 25.0 Å². The molecule has 3 atom stereocenters. The van der Waals surface area contributed by atoms with Gasteiger partial charge in [-0.05, 0) is 43.4 Å². The SMILES string of the molecule is C1=CC2CC1CC2CNOC1CCCC1. The van der Waals surface area contributed by atoms with Crippen molar-refractivity contribution in [1.82, 2.24) is 5.48 Å². The molecule has 3 aliphatic carbocycles. The first-order valence-electron chi connectivity index (χ1n) is 6.48. The third kappa shape index (κ3) is 2.11. The molecule has 0 aliphatic heterocycles. The third-order valence-electron chi connectivity index (χ3n) is 4.31.